The van der Waals surface area contributed by atoms with Gasteiger partial charge in [0.15, 0.2) is 0 Å². The fraction of sp³-hybridized carbons (Fsp3) is 0.355. The van der Waals surface area contributed by atoms with Gasteiger partial charge in [0.25, 0.3) is 0 Å². The van der Waals surface area contributed by atoms with Gasteiger partial charge in [0.2, 0.25) is 11.8 Å². The van der Waals surface area contributed by atoms with E-state index in [0.717, 1.165) is 36.8 Å². The summed E-state index contributed by atoms with van der Waals surface area (Å²) in [7, 11) is 0. The third-order valence-corrected chi connectivity index (χ3v) is 9.37. The van der Waals surface area contributed by atoms with Gasteiger partial charge in [-0.15, -0.1) is 11.8 Å². The Labute approximate surface area is 260 Å². The van der Waals surface area contributed by atoms with Crippen LogP contribution >= 0.6 is 58.2 Å². The van der Waals surface area contributed by atoms with E-state index in [4.69, 9.17) is 46.4 Å². The van der Waals surface area contributed by atoms with E-state index in [2.05, 4.69) is 5.32 Å². The van der Waals surface area contributed by atoms with Crippen molar-refractivity contribution in [3.63, 3.8) is 0 Å². The minimum Gasteiger partial charge on any atom is -0.352 e. The minimum atomic E-state index is -0.733. The Morgan fingerprint density at radius 3 is 2.25 bits per heavy atom. The Balaban J connectivity index is 1.60. The lowest BCUT2D eigenvalue weighted by molar-refractivity contribution is -0.139. The molecule has 40 heavy (non-hydrogen) atoms. The summed E-state index contributed by atoms with van der Waals surface area (Å²) in [6.45, 7) is 0.120. The molecular formula is C31H32Cl4N2O2S. The van der Waals surface area contributed by atoms with E-state index >= 15 is 0 Å². The maximum Gasteiger partial charge on any atom is 0.243 e. The maximum atomic E-state index is 13.9. The van der Waals surface area contributed by atoms with Crippen LogP contribution in [0.25, 0.3) is 0 Å². The van der Waals surface area contributed by atoms with Crippen molar-refractivity contribution in [1.29, 1.82) is 0 Å². The monoisotopic (exact) mass is 636 g/mol. The lowest BCUT2D eigenvalue weighted by Crippen LogP contribution is -2.53. The fourth-order valence-electron chi connectivity index (χ4n) is 4.92. The average Bonchev–Trinajstić information content (AvgIpc) is 2.94. The smallest absolute Gasteiger partial charge is 0.243 e. The molecule has 4 nitrogen and oxygen atoms in total. The van der Waals surface area contributed by atoms with E-state index in [1.54, 1.807) is 35.2 Å². The lowest BCUT2D eigenvalue weighted by Gasteiger charge is -2.34. The molecule has 0 radical (unpaired) electrons. The molecular weight excluding hydrogens is 606 g/mol. The fourth-order valence-corrected chi connectivity index (χ4v) is 6.91. The number of hydrogen-bond donors (Lipinski definition) is 1. The first-order valence-corrected chi connectivity index (χ1v) is 16.1. The molecule has 1 N–H and O–H groups in total. The number of carbonyl (C=O) groups excluding carboxylic acids is 2. The second-order valence-corrected chi connectivity index (χ2v) is 12.6. The lowest BCUT2D eigenvalue weighted by atomic mass is 9.94. The van der Waals surface area contributed by atoms with E-state index in [1.165, 1.54) is 18.2 Å². The van der Waals surface area contributed by atoms with Crippen molar-refractivity contribution in [3.05, 3.63) is 104 Å². The standard InChI is InChI=1S/C31H32Cl4N2O2S/c32-23-15-14-22(28(35)17-23)19-40-20-30(38)37(18-25-26(33)12-7-13-27(25)34)29(16-21-8-3-1-4-9-21)31(39)36-24-10-5-2-6-11-24/h1,3-4,7-9,12-15,17,24,29H,2,5-6,10-11,16,18-20H2,(H,36,39)/t29-/m1/s1. The summed E-state index contributed by atoms with van der Waals surface area (Å²) in [5, 5.41) is 5.28. The van der Waals surface area contributed by atoms with Gasteiger partial charge in [-0.1, -0.05) is 108 Å². The van der Waals surface area contributed by atoms with Crippen LogP contribution in [0.2, 0.25) is 20.1 Å². The number of amides is 2. The third kappa shape index (κ3) is 8.80. The van der Waals surface area contributed by atoms with Crippen LogP contribution in [0, 0.1) is 0 Å². The summed E-state index contributed by atoms with van der Waals surface area (Å²) < 4.78 is 0. The molecule has 0 spiro atoms. The number of halogens is 4. The molecule has 1 aliphatic carbocycles. The van der Waals surface area contributed by atoms with Crippen molar-refractivity contribution in [2.24, 2.45) is 0 Å². The highest BCUT2D eigenvalue weighted by Crippen LogP contribution is 2.29. The van der Waals surface area contributed by atoms with E-state index in [9.17, 15) is 9.59 Å². The molecule has 4 rings (SSSR count). The van der Waals surface area contributed by atoms with Crippen LogP contribution in [-0.4, -0.2) is 34.6 Å². The molecule has 2 amide bonds. The average molecular weight is 638 g/mol. The minimum absolute atomic E-state index is 0.113. The molecule has 0 bridgehead atoms. The molecule has 9 heteroatoms. The van der Waals surface area contributed by atoms with E-state index < -0.39 is 6.04 Å². The predicted octanol–water partition coefficient (Wildman–Crippen LogP) is 8.62. The zero-order valence-electron chi connectivity index (χ0n) is 22.1. The van der Waals surface area contributed by atoms with Crippen LogP contribution < -0.4 is 5.32 Å². The van der Waals surface area contributed by atoms with E-state index in [0.29, 0.717) is 37.8 Å². The SMILES string of the molecule is O=C(NC1CCCCC1)[C@@H](Cc1ccccc1)N(Cc1c(Cl)cccc1Cl)C(=O)CSCc1ccc(Cl)cc1Cl. The molecule has 3 aromatic carbocycles. The first-order valence-electron chi connectivity index (χ1n) is 13.4. The second-order valence-electron chi connectivity index (χ2n) is 10.00. The molecule has 212 valence electrons. The summed E-state index contributed by atoms with van der Waals surface area (Å²) in [4.78, 5) is 29.4. The van der Waals surface area contributed by atoms with Gasteiger partial charge in [0, 0.05) is 50.4 Å². The van der Waals surface area contributed by atoms with Gasteiger partial charge in [0.1, 0.15) is 6.04 Å². The normalized spacial score (nSPS) is 14.5. The maximum absolute atomic E-state index is 13.9. The molecule has 1 atom stereocenters. The topological polar surface area (TPSA) is 49.4 Å². The van der Waals surface area contributed by atoms with E-state index in [1.807, 2.05) is 36.4 Å². The highest BCUT2D eigenvalue weighted by molar-refractivity contribution is 7.99. The number of nitrogens with zero attached hydrogens (tertiary/aromatic N) is 1. The summed E-state index contributed by atoms with van der Waals surface area (Å²) >= 11 is 26.9. The molecule has 0 unspecified atom stereocenters. The zero-order chi connectivity index (χ0) is 28.5. The summed E-state index contributed by atoms with van der Waals surface area (Å²) in [6.07, 6.45) is 5.65. The molecule has 1 saturated carbocycles. The number of rotatable bonds is 11. The molecule has 1 aliphatic rings. The van der Waals surface area contributed by atoms with Crippen LogP contribution in [0.5, 0.6) is 0 Å². The Bertz CT molecular complexity index is 1280. The van der Waals surface area contributed by atoms with Gasteiger partial charge < -0.3 is 10.2 Å². The predicted molar refractivity (Wildman–Crippen MR) is 169 cm³/mol. The first-order chi connectivity index (χ1) is 19.3. The number of carbonyl (C=O) groups is 2. The number of hydrogen-bond acceptors (Lipinski definition) is 3. The van der Waals surface area contributed by atoms with Gasteiger partial charge in [0.05, 0.1) is 5.75 Å². The van der Waals surface area contributed by atoms with Crippen molar-refractivity contribution in [3.8, 4) is 0 Å². The Kier molecular flexibility index (Phi) is 11.9. The van der Waals surface area contributed by atoms with Gasteiger partial charge in [-0.25, -0.2) is 0 Å². The van der Waals surface area contributed by atoms with Crippen molar-refractivity contribution in [1.82, 2.24) is 10.2 Å². The van der Waals surface area contributed by atoms with E-state index in [-0.39, 0.29) is 30.2 Å². The Morgan fingerprint density at radius 1 is 0.875 bits per heavy atom. The van der Waals surface area contributed by atoms with Crippen molar-refractivity contribution in [2.75, 3.05) is 5.75 Å². The molecule has 0 aromatic heterocycles. The quantitative estimate of drug-likeness (QED) is 0.229. The van der Waals surface area contributed by atoms with Crippen molar-refractivity contribution >= 4 is 70.0 Å². The number of nitrogens with one attached hydrogen (secondary N) is 1. The molecule has 0 saturated heterocycles. The van der Waals surface area contributed by atoms with Gasteiger partial charge in [-0.3, -0.25) is 9.59 Å². The summed E-state index contributed by atoms with van der Waals surface area (Å²) in [5.74, 6) is 0.354. The van der Waals surface area contributed by atoms with Crippen LogP contribution in [0.1, 0.15) is 48.8 Å². The number of thioether (sulfide) groups is 1. The van der Waals surface area contributed by atoms with Gasteiger partial charge in [-0.05, 0) is 48.2 Å². The second kappa shape index (κ2) is 15.4. The largest absolute Gasteiger partial charge is 0.352 e. The molecule has 0 aliphatic heterocycles. The summed E-state index contributed by atoms with van der Waals surface area (Å²) in [5.41, 5.74) is 2.48. The van der Waals surface area contributed by atoms with Crippen LogP contribution in [0.3, 0.4) is 0 Å². The highest BCUT2D eigenvalue weighted by Gasteiger charge is 2.32. The number of benzene rings is 3. The van der Waals surface area contributed by atoms with Crippen molar-refractivity contribution in [2.45, 2.75) is 62.9 Å². The summed E-state index contributed by atoms with van der Waals surface area (Å²) in [6, 6.07) is 19.7. The molecule has 0 heterocycles. The van der Waals surface area contributed by atoms with Crippen LogP contribution in [-0.2, 0) is 28.3 Å². The van der Waals surface area contributed by atoms with Gasteiger partial charge in [-0.2, -0.15) is 0 Å². The van der Waals surface area contributed by atoms with Crippen molar-refractivity contribution < 1.29 is 9.59 Å². The third-order valence-electron chi connectivity index (χ3n) is 7.11. The molecule has 3 aromatic rings. The zero-order valence-corrected chi connectivity index (χ0v) is 25.9. The Hall–Kier alpha value is -1.89. The Morgan fingerprint density at radius 2 is 1.57 bits per heavy atom. The highest BCUT2D eigenvalue weighted by atomic mass is 35.5. The van der Waals surface area contributed by atoms with Gasteiger partial charge >= 0.3 is 0 Å². The first kappa shape index (κ1) is 31.1. The molecule has 1 fully saturated rings. The van der Waals surface area contributed by atoms with Crippen LogP contribution in [0.4, 0.5) is 0 Å². The van der Waals surface area contributed by atoms with Crippen LogP contribution in [0.15, 0.2) is 66.7 Å².